The molecule has 1 heterocycles. The molecule has 0 aliphatic rings. The van der Waals surface area contributed by atoms with Gasteiger partial charge in [0.25, 0.3) is 5.82 Å². The molecule has 2 rings (SSSR count). The highest BCUT2D eigenvalue weighted by Crippen LogP contribution is 2.09. The zero-order chi connectivity index (χ0) is 10.1. The second-order valence-corrected chi connectivity index (χ2v) is 3.66. The molecule has 72 valence electrons. The minimum atomic E-state index is 1.22. The molecule has 0 atom stereocenters. The van der Waals surface area contributed by atoms with E-state index in [0.717, 1.165) is 0 Å². The van der Waals surface area contributed by atoms with Crippen LogP contribution in [0.4, 0.5) is 0 Å². The summed E-state index contributed by atoms with van der Waals surface area (Å²) >= 11 is 0. The van der Waals surface area contributed by atoms with Crippen molar-refractivity contribution in [1.82, 2.24) is 4.57 Å². The standard InChI is InChI=1S/C12H15N2/c1-10-4-6-12(7-5-10)14-9-8-13(3)11(14)2/h4-9H,1-3H3/q+1. The van der Waals surface area contributed by atoms with Gasteiger partial charge in [-0.05, 0) is 19.1 Å². The van der Waals surface area contributed by atoms with Gasteiger partial charge in [-0.15, -0.1) is 0 Å². The summed E-state index contributed by atoms with van der Waals surface area (Å²) in [7, 11) is 2.06. The molecule has 2 heteroatoms. The molecule has 0 unspecified atom stereocenters. The zero-order valence-corrected chi connectivity index (χ0v) is 8.86. The SMILES string of the molecule is Cc1ccc(-n2cc[n+](C)c2C)cc1. The Hall–Kier alpha value is -1.57. The fraction of sp³-hybridized carbons (Fsp3) is 0.250. The van der Waals surface area contributed by atoms with Crippen molar-refractivity contribution in [3.8, 4) is 5.69 Å². The topological polar surface area (TPSA) is 8.81 Å². The molecule has 0 saturated carbocycles. The molecular formula is C12H15N2+. The van der Waals surface area contributed by atoms with Gasteiger partial charge in [0.05, 0.1) is 7.05 Å². The van der Waals surface area contributed by atoms with Gasteiger partial charge in [-0.1, -0.05) is 17.7 Å². The largest absolute Gasteiger partial charge is 0.258 e. The van der Waals surface area contributed by atoms with Crippen LogP contribution in [0.25, 0.3) is 5.69 Å². The van der Waals surface area contributed by atoms with Gasteiger partial charge >= 0.3 is 0 Å². The maximum atomic E-state index is 2.18. The highest BCUT2D eigenvalue weighted by atomic mass is 15.1. The van der Waals surface area contributed by atoms with E-state index in [-0.39, 0.29) is 0 Å². The lowest BCUT2D eigenvalue weighted by atomic mass is 10.2. The highest BCUT2D eigenvalue weighted by molar-refractivity contribution is 5.34. The summed E-state index contributed by atoms with van der Waals surface area (Å²) in [5.41, 5.74) is 2.51. The van der Waals surface area contributed by atoms with Crippen molar-refractivity contribution >= 4 is 0 Å². The molecule has 0 aliphatic carbocycles. The number of benzene rings is 1. The number of aryl methyl sites for hydroxylation is 2. The predicted octanol–water partition coefficient (Wildman–Crippen LogP) is 1.92. The Balaban J connectivity index is 2.49. The normalized spacial score (nSPS) is 10.5. The molecule has 0 bridgehead atoms. The van der Waals surface area contributed by atoms with Gasteiger partial charge in [-0.25, -0.2) is 9.13 Å². The lowest BCUT2D eigenvalue weighted by molar-refractivity contribution is -0.677. The summed E-state index contributed by atoms with van der Waals surface area (Å²) in [6.07, 6.45) is 4.15. The van der Waals surface area contributed by atoms with Gasteiger partial charge in [0, 0.05) is 6.92 Å². The van der Waals surface area contributed by atoms with Crippen LogP contribution < -0.4 is 4.57 Å². The minimum Gasteiger partial charge on any atom is -0.237 e. The summed E-state index contributed by atoms with van der Waals surface area (Å²) in [5, 5.41) is 0. The van der Waals surface area contributed by atoms with Gasteiger partial charge < -0.3 is 0 Å². The van der Waals surface area contributed by atoms with Gasteiger partial charge in [-0.3, -0.25) is 0 Å². The molecule has 2 nitrogen and oxygen atoms in total. The Morgan fingerprint density at radius 3 is 2.21 bits per heavy atom. The highest BCUT2D eigenvalue weighted by Gasteiger charge is 2.10. The van der Waals surface area contributed by atoms with Crippen LogP contribution in [-0.4, -0.2) is 4.57 Å². The molecule has 2 aromatic rings. The fourth-order valence-corrected chi connectivity index (χ4v) is 1.53. The van der Waals surface area contributed by atoms with E-state index >= 15 is 0 Å². The number of hydrogen-bond donors (Lipinski definition) is 0. The van der Waals surface area contributed by atoms with Crippen molar-refractivity contribution in [3.05, 3.63) is 48.0 Å². The van der Waals surface area contributed by atoms with E-state index in [2.05, 4.69) is 66.7 Å². The van der Waals surface area contributed by atoms with E-state index in [0.29, 0.717) is 0 Å². The predicted molar refractivity (Wildman–Crippen MR) is 56.4 cm³/mol. The molecule has 0 spiro atoms. The lowest BCUT2D eigenvalue weighted by Crippen LogP contribution is -2.29. The van der Waals surface area contributed by atoms with Crippen molar-refractivity contribution in [2.24, 2.45) is 7.05 Å². The number of aromatic nitrogens is 2. The summed E-state index contributed by atoms with van der Waals surface area (Å²) in [4.78, 5) is 0. The number of rotatable bonds is 1. The molecule has 1 aromatic heterocycles. The van der Waals surface area contributed by atoms with Crippen LogP contribution >= 0.6 is 0 Å². The fourth-order valence-electron chi connectivity index (χ4n) is 1.53. The van der Waals surface area contributed by atoms with Crippen molar-refractivity contribution in [2.75, 3.05) is 0 Å². The van der Waals surface area contributed by atoms with E-state index in [4.69, 9.17) is 0 Å². The van der Waals surface area contributed by atoms with Gasteiger partial charge in [-0.2, -0.15) is 0 Å². The van der Waals surface area contributed by atoms with Crippen LogP contribution in [0.5, 0.6) is 0 Å². The second kappa shape index (κ2) is 3.29. The van der Waals surface area contributed by atoms with E-state index < -0.39 is 0 Å². The van der Waals surface area contributed by atoms with Crippen molar-refractivity contribution in [3.63, 3.8) is 0 Å². The van der Waals surface area contributed by atoms with Crippen molar-refractivity contribution < 1.29 is 4.57 Å². The lowest BCUT2D eigenvalue weighted by Gasteiger charge is -1.98. The van der Waals surface area contributed by atoms with Crippen LogP contribution in [0.1, 0.15) is 11.4 Å². The van der Waals surface area contributed by atoms with Crippen LogP contribution in [-0.2, 0) is 7.05 Å². The molecule has 0 N–H and O–H groups in total. The Bertz CT molecular complexity index is 438. The molecule has 1 aromatic carbocycles. The van der Waals surface area contributed by atoms with Crippen LogP contribution in [0.15, 0.2) is 36.7 Å². The van der Waals surface area contributed by atoms with E-state index in [9.17, 15) is 0 Å². The zero-order valence-electron chi connectivity index (χ0n) is 8.86. The van der Waals surface area contributed by atoms with Crippen LogP contribution in [0.2, 0.25) is 0 Å². The third-order valence-corrected chi connectivity index (χ3v) is 2.61. The number of nitrogens with zero attached hydrogens (tertiary/aromatic N) is 2. The first-order chi connectivity index (χ1) is 6.68. The average Bonchev–Trinajstić information content (AvgIpc) is 2.50. The van der Waals surface area contributed by atoms with Gasteiger partial charge in [0.15, 0.2) is 0 Å². The summed E-state index contributed by atoms with van der Waals surface area (Å²) < 4.78 is 4.29. The van der Waals surface area contributed by atoms with E-state index in [1.54, 1.807) is 0 Å². The number of imidazole rings is 1. The Kier molecular flexibility index (Phi) is 2.12. The molecule has 0 aliphatic heterocycles. The Labute approximate surface area is 84.4 Å². The van der Waals surface area contributed by atoms with E-state index in [1.165, 1.54) is 17.1 Å². The molecule has 0 saturated heterocycles. The molecule has 0 amide bonds. The molecular weight excluding hydrogens is 172 g/mol. The third-order valence-electron chi connectivity index (χ3n) is 2.61. The molecule has 14 heavy (non-hydrogen) atoms. The van der Waals surface area contributed by atoms with Crippen molar-refractivity contribution in [1.29, 1.82) is 0 Å². The Morgan fingerprint density at radius 1 is 1.07 bits per heavy atom. The quantitative estimate of drug-likeness (QED) is 0.603. The summed E-state index contributed by atoms with van der Waals surface area (Å²) in [6.45, 7) is 4.21. The molecule has 0 radical (unpaired) electrons. The van der Waals surface area contributed by atoms with Crippen molar-refractivity contribution in [2.45, 2.75) is 13.8 Å². The minimum absolute atomic E-state index is 1.22. The van der Waals surface area contributed by atoms with Gasteiger partial charge in [0.2, 0.25) is 0 Å². The van der Waals surface area contributed by atoms with Gasteiger partial charge in [0.1, 0.15) is 18.1 Å². The monoisotopic (exact) mass is 187 g/mol. The van der Waals surface area contributed by atoms with Crippen LogP contribution in [0.3, 0.4) is 0 Å². The summed E-state index contributed by atoms with van der Waals surface area (Å²) in [6, 6.07) is 8.55. The first kappa shape index (κ1) is 9.00. The molecule has 0 fully saturated rings. The first-order valence-corrected chi connectivity index (χ1v) is 4.79. The smallest absolute Gasteiger partial charge is 0.237 e. The number of hydrogen-bond acceptors (Lipinski definition) is 0. The maximum Gasteiger partial charge on any atom is 0.258 e. The Morgan fingerprint density at radius 2 is 1.71 bits per heavy atom. The first-order valence-electron chi connectivity index (χ1n) is 4.79. The third kappa shape index (κ3) is 1.43. The average molecular weight is 187 g/mol. The maximum absolute atomic E-state index is 2.18. The van der Waals surface area contributed by atoms with Crippen LogP contribution in [0, 0.1) is 13.8 Å². The second-order valence-electron chi connectivity index (χ2n) is 3.66. The summed E-state index contributed by atoms with van der Waals surface area (Å²) in [5.74, 6) is 1.23. The van der Waals surface area contributed by atoms with E-state index in [1.807, 2.05) is 0 Å².